The van der Waals surface area contributed by atoms with E-state index >= 15 is 0 Å². The zero-order valence-electron chi connectivity index (χ0n) is 10.4. The summed E-state index contributed by atoms with van der Waals surface area (Å²) in [5, 5.41) is 4.13. The van der Waals surface area contributed by atoms with Crippen LogP contribution in [0.25, 0.3) is 17.9 Å². The van der Waals surface area contributed by atoms with Gasteiger partial charge in [0.1, 0.15) is 12.1 Å². The topological polar surface area (TPSA) is 52.3 Å². The van der Waals surface area contributed by atoms with Crippen LogP contribution < -0.4 is 4.74 Å². The third kappa shape index (κ3) is 2.30. The first-order valence-corrected chi connectivity index (χ1v) is 5.84. The van der Waals surface area contributed by atoms with E-state index < -0.39 is 0 Å². The van der Waals surface area contributed by atoms with E-state index in [4.69, 9.17) is 4.74 Å². The molecule has 0 aliphatic rings. The average molecular weight is 252 g/mol. The van der Waals surface area contributed by atoms with Crippen LogP contribution in [-0.2, 0) is 0 Å². The van der Waals surface area contributed by atoms with Crippen LogP contribution in [0.1, 0.15) is 11.3 Å². The molecule has 5 nitrogen and oxygen atoms in total. The standard InChI is InChI=1S/C14H12N4O/c1-19-13-6-3-11(4-7-13)2-5-12-8-9-15-14-16-10-17-18(12)14/h2-10H,1H3. The van der Waals surface area contributed by atoms with Crippen molar-refractivity contribution in [1.29, 1.82) is 0 Å². The molecule has 0 aliphatic carbocycles. The number of fused-ring (bicyclic) bond motifs is 1. The second kappa shape index (κ2) is 4.89. The van der Waals surface area contributed by atoms with Gasteiger partial charge in [-0.15, -0.1) is 0 Å². The summed E-state index contributed by atoms with van der Waals surface area (Å²) in [6, 6.07) is 9.74. The molecule has 0 fully saturated rings. The molecule has 0 amide bonds. The van der Waals surface area contributed by atoms with Gasteiger partial charge in [0.25, 0.3) is 5.78 Å². The number of hydrogen-bond donors (Lipinski definition) is 0. The fourth-order valence-corrected chi connectivity index (χ4v) is 1.78. The lowest BCUT2D eigenvalue weighted by Gasteiger charge is -2.00. The van der Waals surface area contributed by atoms with Crippen molar-refractivity contribution in [1.82, 2.24) is 19.6 Å². The van der Waals surface area contributed by atoms with Crippen molar-refractivity contribution < 1.29 is 4.74 Å². The summed E-state index contributed by atoms with van der Waals surface area (Å²) in [5.41, 5.74) is 2.02. The molecule has 0 unspecified atom stereocenters. The van der Waals surface area contributed by atoms with Gasteiger partial charge in [0.05, 0.1) is 12.8 Å². The normalized spacial score (nSPS) is 11.2. The van der Waals surface area contributed by atoms with Crippen molar-refractivity contribution >= 4 is 17.9 Å². The quantitative estimate of drug-likeness (QED) is 0.717. The van der Waals surface area contributed by atoms with Crippen LogP contribution in [0.15, 0.2) is 42.9 Å². The molecular weight excluding hydrogens is 240 g/mol. The van der Waals surface area contributed by atoms with E-state index in [9.17, 15) is 0 Å². The van der Waals surface area contributed by atoms with Crippen LogP contribution in [-0.4, -0.2) is 26.7 Å². The monoisotopic (exact) mass is 252 g/mol. The fraction of sp³-hybridized carbons (Fsp3) is 0.0714. The van der Waals surface area contributed by atoms with E-state index in [2.05, 4.69) is 15.1 Å². The van der Waals surface area contributed by atoms with E-state index in [0.717, 1.165) is 17.0 Å². The molecule has 0 N–H and O–H groups in total. The molecule has 0 radical (unpaired) electrons. The first-order valence-electron chi connectivity index (χ1n) is 5.84. The predicted octanol–water partition coefficient (Wildman–Crippen LogP) is 2.30. The van der Waals surface area contributed by atoms with Crippen LogP contribution in [0.3, 0.4) is 0 Å². The SMILES string of the molecule is COc1ccc(C=Cc2ccnc3ncnn23)cc1. The highest BCUT2D eigenvalue weighted by Gasteiger charge is 1.99. The number of aromatic nitrogens is 4. The van der Waals surface area contributed by atoms with Crippen LogP contribution in [0.2, 0.25) is 0 Å². The lowest BCUT2D eigenvalue weighted by atomic mass is 10.2. The van der Waals surface area contributed by atoms with E-state index in [-0.39, 0.29) is 0 Å². The van der Waals surface area contributed by atoms with Crippen LogP contribution in [0, 0.1) is 0 Å². The van der Waals surface area contributed by atoms with E-state index in [1.165, 1.54) is 6.33 Å². The van der Waals surface area contributed by atoms with Crippen molar-refractivity contribution in [2.45, 2.75) is 0 Å². The molecule has 0 aliphatic heterocycles. The minimum absolute atomic E-state index is 0.594. The van der Waals surface area contributed by atoms with Crippen molar-refractivity contribution in [2.24, 2.45) is 0 Å². The lowest BCUT2D eigenvalue weighted by molar-refractivity contribution is 0.415. The van der Waals surface area contributed by atoms with Crippen molar-refractivity contribution in [2.75, 3.05) is 7.11 Å². The zero-order chi connectivity index (χ0) is 13.1. The van der Waals surface area contributed by atoms with E-state index in [1.807, 2.05) is 42.5 Å². The van der Waals surface area contributed by atoms with Gasteiger partial charge in [0, 0.05) is 6.20 Å². The molecule has 5 heteroatoms. The van der Waals surface area contributed by atoms with Crippen LogP contribution in [0.4, 0.5) is 0 Å². The van der Waals surface area contributed by atoms with Crippen molar-refractivity contribution in [3.05, 3.63) is 54.1 Å². The second-order valence-electron chi connectivity index (χ2n) is 3.95. The molecule has 0 bridgehead atoms. The highest BCUT2D eigenvalue weighted by atomic mass is 16.5. The number of ether oxygens (including phenoxy) is 1. The Balaban J connectivity index is 1.91. The van der Waals surface area contributed by atoms with Gasteiger partial charge in [0.15, 0.2) is 0 Å². The fourth-order valence-electron chi connectivity index (χ4n) is 1.78. The summed E-state index contributed by atoms with van der Waals surface area (Å²) in [6.07, 6.45) is 7.20. The number of benzene rings is 1. The minimum atomic E-state index is 0.594. The number of rotatable bonds is 3. The molecule has 3 aromatic rings. The molecule has 94 valence electrons. The molecule has 19 heavy (non-hydrogen) atoms. The molecule has 0 saturated carbocycles. The van der Waals surface area contributed by atoms with Gasteiger partial charge in [-0.2, -0.15) is 14.6 Å². The van der Waals surface area contributed by atoms with Gasteiger partial charge in [-0.05, 0) is 29.8 Å². The number of methoxy groups -OCH3 is 1. The van der Waals surface area contributed by atoms with Gasteiger partial charge in [-0.25, -0.2) is 4.98 Å². The first kappa shape index (κ1) is 11.4. The molecular formula is C14H12N4O. The predicted molar refractivity (Wildman–Crippen MR) is 72.7 cm³/mol. The molecule has 0 saturated heterocycles. The Morgan fingerprint density at radius 3 is 2.68 bits per heavy atom. The summed E-state index contributed by atoms with van der Waals surface area (Å²) < 4.78 is 6.82. The average Bonchev–Trinajstić information content (AvgIpc) is 2.94. The van der Waals surface area contributed by atoms with E-state index in [1.54, 1.807) is 17.8 Å². The third-order valence-electron chi connectivity index (χ3n) is 2.77. The Kier molecular flexibility index (Phi) is 2.94. The van der Waals surface area contributed by atoms with Crippen molar-refractivity contribution in [3.63, 3.8) is 0 Å². The minimum Gasteiger partial charge on any atom is -0.497 e. The van der Waals surface area contributed by atoms with Gasteiger partial charge >= 0.3 is 0 Å². The largest absolute Gasteiger partial charge is 0.497 e. The van der Waals surface area contributed by atoms with Gasteiger partial charge in [-0.1, -0.05) is 18.2 Å². The Labute approximate surface area is 110 Å². The third-order valence-corrected chi connectivity index (χ3v) is 2.77. The smallest absolute Gasteiger partial charge is 0.252 e. The van der Waals surface area contributed by atoms with Gasteiger partial charge in [0.2, 0.25) is 0 Å². The molecule has 2 heterocycles. The maximum atomic E-state index is 5.12. The summed E-state index contributed by atoms with van der Waals surface area (Å²) in [7, 11) is 1.66. The Morgan fingerprint density at radius 1 is 1.05 bits per heavy atom. The first-order chi connectivity index (χ1) is 9.36. The molecule has 3 rings (SSSR count). The van der Waals surface area contributed by atoms with Crippen molar-refractivity contribution in [3.8, 4) is 5.75 Å². The lowest BCUT2D eigenvalue weighted by Crippen LogP contribution is -1.94. The maximum absolute atomic E-state index is 5.12. The van der Waals surface area contributed by atoms with Gasteiger partial charge < -0.3 is 4.74 Å². The summed E-state index contributed by atoms with van der Waals surface area (Å²) in [6.45, 7) is 0. The Morgan fingerprint density at radius 2 is 1.89 bits per heavy atom. The second-order valence-corrected chi connectivity index (χ2v) is 3.95. The van der Waals surface area contributed by atoms with Crippen LogP contribution >= 0.6 is 0 Å². The van der Waals surface area contributed by atoms with Gasteiger partial charge in [-0.3, -0.25) is 0 Å². The summed E-state index contributed by atoms with van der Waals surface area (Å²) in [5.74, 6) is 1.44. The molecule has 0 atom stereocenters. The summed E-state index contributed by atoms with van der Waals surface area (Å²) >= 11 is 0. The summed E-state index contributed by atoms with van der Waals surface area (Å²) in [4.78, 5) is 8.17. The number of nitrogens with zero attached hydrogens (tertiary/aromatic N) is 4. The van der Waals surface area contributed by atoms with E-state index in [0.29, 0.717) is 5.78 Å². The highest BCUT2D eigenvalue weighted by molar-refractivity contribution is 5.68. The highest BCUT2D eigenvalue weighted by Crippen LogP contribution is 2.13. The maximum Gasteiger partial charge on any atom is 0.252 e. The molecule has 2 aromatic heterocycles. The Bertz CT molecular complexity index is 716. The van der Waals surface area contributed by atoms with Crippen LogP contribution in [0.5, 0.6) is 5.75 Å². The molecule has 0 spiro atoms. The Hall–Kier alpha value is -2.69. The molecule has 1 aromatic carbocycles. The zero-order valence-corrected chi connectivity index (χ0v) is 10.4. The number of hydrogen-bond acceptors (Lipinski definition) is 4.